The van der Waals surface area contributed by atoms with Crippen molar-refractivity contribution in [1.29, 1.82) is 0 Å². The maximum atomic E-state index is 5.23. The molecule has 0 spiro atoms. The molecule has 0 aliphatic carbocycles. The van der Waals surface area contributed by atoms with Gasteiger partial charge in [0, 0.05) is 22.8 Å². The molecule has 0 N–H and O–H groups in total. The second-order valence-corrected chi connectivity index (χ2v) is 15.9. The molecule has 52 heavy (non-hydrogen) atoms. The van der Waals surface area contributed by atoms with Crippen LogP contribution in [0.5, 0.6) is 0 Å². The Morgan fingerprint density at radius 1 is 0.365 bits per heavy atom. The molecule has 0 aliphatic heterocycles. The topological polar surface area (TPSA) is 58.0 Å². The summed E-state index contributed by atoms with van der Waals surface area (Å²) in [7, 11) is 0. The van der Waals surface area contributed by atoms with Gasteiger partial charge in [0.05, 0.1) is 11.4 Å². The standard InChI is InChI=1S/C46H60N6/c1-33(2)24-28-37-14-9-20-43(47-37)51(44-21-10-15-38(48-44)29-25-34(3)4)41-18-13-19-42(32-41)52(45-22-11-16-39(49-45)30-26-35(5)6)46-23-12-17-40(50-46)31-27-36(7)8/h9-23,32-36H,24-31H2,1-8H3. The molecule has 0 aliphatic rings. The average Bonchev–Trinajstić information content (AvgIpc) is 3.13. The fourth-order valence-corrected chi connectivity index (χ4v) is 6.20. The molecule has 6 nitrogen and oxygen atoms in total. The number of pyridine rings is 4. The molecule has 6 heteroatoms. The summed E-state index contributed by atoms with van der Waals surface area (Å²) in [5.74, 6) is 5.89. The molecular weight excluding hydrogens is 637 g/mol. The first-order valence-electron chi connectivity index (χ1n) is 19.6. The second-order valence-electron chi connectivity index (χ2n) is 15.9. The zero-order chi connectivity index (χ0) is 37.0. The molecule has 5 rings (SSSR count). The molecule has 0 radical (unpaired) electrons. The van der Waals surface area contributed by atoms with E-state index in [0.717, 1.165) is 109 Å². The van der Waals surface area contributed by atoms with E-state index in [1.54, 1.807) is 0 Å². The average molecular weight is 697 g/mol. The lowest BCUT2D eigenvalue weighted by molar-refractivity contribution is 0.581. The predicted molar refractivity (Wildman–Crippen MR) is 220 cm³/mol. The van der Waals surface area contributed by atoms with Gasteiger partial charge in [0.25, 0.3) is 0 Å². The smallest absolute Gasteiger partial charge is 0.139 e. The SMILES string of the molecule is CC(C)CCc1cccc(N(c2cccc(N(c3cccc(CCC(C)C)n3)c3cccc(CCC(C)C)n3)c2)c2cccc(CCC(C)C)n2)n1. The molecule has 1 aromatic carbocycles. The Balaban J connectivity index is 1.64. The lowest BCUT2D eigenvalue weighted by atomic mass is 10.1. The number of aryl methyl sites for hydroxylation is 4. The summed E-state index contributed by atoms with van der Waals surface area (Å²) in [5.41, 5.74) is 6.34. The number of rotatable bonds is 18. The minimum atomic E-state index is 0.610. The second kappa shape index (κ2) is 18.8. The van der Waals surface area contributed by atoms with Crippen molar-refractivity contribution in [2.24, 2.45) is 23.7 Å². The fourth-order valence-electron chi connectivity index (χ4n) is 6.20. The first-order valence-corrected chi connectivity index (χ1v) is 19.6. The maximum Gasteiger partial charge on any atom is 0.139 e. The van der Waals surface area contributed by atoms with Gasteiger partial charge in [0.1, 0.15) is 23.3 Å². The van der Waals surface area contributed by atoms with Crippen molar-refractivity contribution in [3.8, 4) is 0 Å². The van der Waals surface area contributed by atoms with E-state index in [1.165, 1.54) is 0 Å². The lowest BCUT2D eigenvalue weighted by Gasteiger charge is -2.28. The number of nitrogens with zero attached hydrogens (tertiary/aromatic N) is 6. The number of hydrogen-bond donors (Lipinski definition) is 0. The third-order valence-corrected chi connectivity index (χ3v) is 9.34. The summed E-state index contributed by atoms with van der Waals surface area (Å²) in [6.07, 6.45) is 8.12. The molecule has 0 saturated carbocycles. The summed E-state index contributed by atoms with van der Waals surface area (Å²) in [4.78, 5) is 25.3. The highest BCUT2D eigenvalue weighted by Crippen LogP contribution is 2.39. The summed E-state index contributed by atoms with van der Waals surface area (Å²) < 4.78 is 0. The molecule has 5 aromatic rings. The van der Waals surface area contributed by atoms with Gasteiger partial charge >= 0.3 is 0 Å². The number of hydrogen-bond acceptors (Lipinski definition) is 6. The molecule has 4 heterocycles. The highest BCUT2D eigenvalue weighted by Gasteiger charge is 2.21. The first kappa shape index (κ1) is 38.6. The third-order valence-electron chi connectivity index (χ3n) is 9.34. The van der Waals surface area contributed by atoms with Gasteiger partial charge in [-0.25, -0.2) is 19.9 Å². The highest BCUT2D eigenvalue weighted by molar-refractivity contribution is 5.79. The van der Waals surface area contributed by atoms with E-state index < -0.39 is 0 Å². The zero-order valence-electron chi connectivity index (χ0n) is 32.9. The number of benzene rings is 1. The van der Waals surface area contributed by atoms with E-state index in [4.69, 9.17) is 19.9 Å². The van der Waals surface area contributed by atoms with Crippen LogP contribution in [0.2, 0.25) is 0 Å². The number of anilines is 6. The molecule has 0 atom stereocenters. The Morgan fingerprint density at radius 2 is 0.615 bits per heavy atom. The van der Waals surface area contributed by atoms with Crippen LogP contribution in [0, 0.1) is 23.7 Å². The molecular formula is C46H60N6. The summed E-state index contributed by atoms with van der Waals surface area (Å²) >= 11 is 0. The van der Waals surface area contributed by atoms with Crippen LogP contribution in [0.1, 0.15) is 104 Å². The largest absolute Gasteiger partial charge is 0.279 e. The van der Waals surface area contributed by atoms with E-state index in [1.807, 2.05) is 0 Å². The maximum absolute atomic E-state index is 5.23. The fraction of sp³-hybridized carbons (Fsp3) is 0.435. The van der Waals surface area contributed by atoms with Crippen molar-refractivity contribution in [3.05, 3.63) is 120 Å². The van der Waals surface area contributed by atoms with Crippen molar-refractivity contribution in [1.82, 2.24) is 19.9 Å². The minimum Gasteiger partial charge on any atom is -0.279 e. The summed E-state index contributed by atoms with van der Waals surface area (Å²) in [6, 6.07) is 34.2. The van der Waals surface area contributed by atoms with E-state index in [0.29, 0.717) is 23.7 Å². The monoisotopic (exact) mass is 696 g/mol. The minimum absolute atomic E-state index is 0.610. The first-order chi connectivity index (χ1) is 25.0. The third kappa shape index (κ3) is 11.2. The molecule has 0 unspecified atom stereocenters. The molecule has 4 aromatic heterocycles. The molecule has 0 fully saturated rings. The van der Waals surface area contributed by atoms with Crippen LogP contribution in [0.25, 0.3) is 0 Å². The van der Waals surface area contributed by atoms with Crippen molar-refractivity contribution in [2.45, 2.75) is 107 Å². The molecule has 0 amide bonds. The summed E-state index contributed by atoms with van der Waals surface area (Å²) in [6.45, 7) is 18.1. The molecule has 0 bridgehead atoms. The van der Waals surface area contributed by atoms with Crippen LogP contribution < -0.4 is 9.80 Å². The Bertz CT molecular complexity index is 1600. The highest BCUT2D eigenvalue weighted by atomic mass is 15.3. The van der Waals surface area contributed by atoms with Crippen LogP contribution in [0.15, 0.2) is 97.1 Å². The molecule has 274 valence electrons. The normalized spacial score (nSPS) is 11.6. The predicted octanol–water partition coefficient (Wildman–Crippen LogP) is 12.6. The van der Waals surface area contributed by atoms with E-state index in [2.05, 4.69) is 162 Å². The van der Waals surface area contributed by atoms with Crippen molar-refractivity contribution in [3.63, 3.8) is 0 Å². The van der Waals surface area contributed by atoms with Gasteiger partial charge in [-0.1, -0.05) is 85.7 Å². The van der Waals surface area contributed by atoms with E-state index >= 15 is 0 Å². The van der Waals surface area contributed by atoms with Crippen molar-refractivity contribution < 1.29 is 0 Å². The van der Waals surface area contributed by atoms with Gasteiger partial charge < -0.3 is 0 Å². The van der Waals surface area contributed by atoms with Crippen LogP contribution in [-0.4, -0.2) is 19.9 Å². The van der Waals surface area contributed by atoms with Gasteiger partial charge in [-0.3, -0.25) is 9.80 Å². The molecule has 0 saturated heterocycles. The summed E-state index contributed by atoms with van der Waals surface area (Å²) in [5, 5.41) is 0. The van der Waals surface area contributed by atoms with E-state index in [-0.39, 0.29) is 0 Å². The zero-order valence-corrected chi connectivity index (χ0v) is 32.9. The van der Waals surface area contributed by atoms with Gasteiger partial charge in [-0.15, -0.1) is 0 Å². The Kier molecular flexibility index (Phi) is 14.0. The van der Waals surface area contributed by atoms with Gasteiger partial charge in [0.2, 0.25) is 0 Å². The van der Waals surface area contributed by atoms with Crippen molar-refractivity contribution >= 4 is 34.6 Å². The van der Waals surface area contributed by atoms with Crippen molar-refractivity contribution in [2.75, 3.05) is 9.80 Å². The van der Waals surface area contributed by atoms with Crippen LogP contribution >= 0.6 is 0 Å². The van der Waals surface area contributed by atoms with Gasteiger partial charge in [0.15, 0.2) is 0 Å². The van der Waals surface area contributed by atoms with Crippen LogP contribution in [-0.2, 0) is 25.7 Å². The Labute approximate surface area is 313 Å². The Morgan fingerprint density at radius 3 is 0.865 bits per heavy atom. The van der Waals surface area contributed by atoms with Gasteiger partial charge in [-0.05, 0) is 142 Å². The van der Waals surface area contributed by atoms with Crippen LogP contribution in [0.4, 0.5) is 34.6 Å². The van der Waals surface area contributed by atoms with Gasteiger partial charge in [-0.2, -0.15) is 0 Å². The quantitative estimate of drug-likeness (QED) is 0.0909. The van der Waals surface area contributed by atoms with Crippen LogP contribution in [0.3, 0.4) is 0 Å². The lowest BCUT2D eigenvalue weighted by Crippen LogP contribution is -2.17. The van der Waals surface area contributed by atoms with E-state index in [9.17, 15) is 0 Å². The Hall–Kier alpha value is -4.58. The number of aromatic nitrogens is 4.